The van der Waals surface area contributed by atoms with Crippen LogP contribution in [0.2, 0.25) is 0 Å². The van der Waals surface area contributed by atoms with Gasteiger partial charge in [0.25, 0.3) is 0 Å². The highest BCUT2D eigenvalue weighted by molar-refractivity contribution is 7.89. The standard InChI is InChI=1S/C25H24F5N5O3S/c1-14(2)16-8-22(35(13-16)39(37,38)19-5-3-18(26)4-6-19)23(36)32-9-15-7-21(31-12-20(15)27)17-10-33-24(34-11-17)25(28,29)30/h3-7,10-12,14,16,22H,8-9,13H2,1-2H3,(H,32,36)/t16-,22+/m1/s1. The summed E-state index contributed by atoms with van der Waals surface area (Å²) in [6, 6.07) is 4.44. The molecule has 1 aromatic carbocycles. The molecular weight excluding hydrogens is 545 g/mol. The molecule has 0 spiro atoms. The lowest BCUT2D eigenvalue weighted by Crippen LogP contribution is -2.45. The summed E-state index contributed by atoms with van der Waals surface area (Å²) in [5, 5.41) is 2.56. The van der Waals surface area contributed by atoms with Gasteiger partial charge in [0, 0.05) is 36.6 Å². The van der Waals surface area contributed by atoms with E-state index in [4.69, 9.17) is 0 Å². The second-order valence-corrected chi connectivity index (χ2v) is 11.3. The number of pyridine rings is 1. The molecule has 0 radical (unpaired) electrons. The number of amides is 1. The first-order valence-corrected chi connectivity index (χ1v) is 13.3. The van der Waals surface area contributed by atoms with E-state index in [9.17, 15) is 35.2 Å². The lowest BCUT2D eigenvalue weighted by atomic mass is 9.93. The van der Waals surface area contributed by atoms with E-state index in [0.717, 1.165) is 47.2 Å². The van der Waals surface area contributed by atoms with Crippen LogP contribution in [-0.2, 0) is 27.5 Å². The average Bonchev–Trinajstić information content (AvgIpc) is 3.35. The summed E-state index contributed by atoms with van der Waals surface area (Å²) in [6.07, 6.45) is -1.83. The summed E-state index contributed by atoms with van der Waals surface area (Å²) >= 11 is 0. The Morgan fingerprint density at radius 3 is 2.31 bits per heavy atom. The highest BCUT2D eigenvalue weighted by Gasteiger charge is 2.44. The van der Waals surface area contributed by atoms with Gasteiger partial charge in [-0.25, -0.2) is 27.2 Å². The summed E-state index contributed by atoms with van der Waals surface area (Å²) in [7, 11) is -4.14. The van der Waals surface area contributed by atoms with E-state index in [1.807, 2.05) is 13.8 Å². The second-order valence-electron chi connectivity index (χ2n) is 9.46. The van der Waals surface area contributed by atoms with Crippen molar-refractivity contribution < 1.29 is 35.2 Å². The van der Waals surface area contributed by atoms with E-state index in [1.54, 1.807) is 0 Å². The van der Waals surface area contributed by atoms with Crippen LogP contribution in [0.3, 0.4) is 0 Å². The average molecular weight is 570 g/mol. The van der Waals surface area contributed by atoms with Crippen LogP contribution < -0.4 is 5.32 Å². The number of carbonyl (C=O) groups excluding carboxylic acids is 1. The molecule has 0 saturated carbocycles. The van der Waals surface area contributed by atoms with Crippen LogP contribution in [0.1, 0.15) is 31.7 Å². The SMILES string of the molecule is CC(C)[C@@H]1C[C@@H](C(=O)NCc2cc(-c3cnc(C(F)(F)F)nc3)ncc2F)N(S(=O)(=O)c2ccc(F)cc2)C1. The van der Waals surface area contributed by atoms with Crippen molar-refractivity contribution in [3.8, 4) is 11.3 Å². The molecule has 1 fully saturated rings. The van der Waals surface area contributed by atoms with Crippen molar-refractivity contribution in [2.24, 2.45) is 11.8 Å². The molecular formula is C25H24F5N5O3S. The molecule has 1 aliphatic rings. The highest BCUT2D eigenvalue weighted by Crippen LogP contribution is 2.34. The van der Waals surface area contributed by atoms with Gasteiger partial charge in [-0.1, -0.05) is 13.8 Å². The van der Waals surface area contributed by atoms with Crippen LogP contribution in [0.5, 0.6) is 0 Å². The number of halogens is 5. The topological polar surface area (TPSA) is 105 Å². The van der Waals surface area contributed by atoms with Gasteiger partial charge in [0.2, 0.25) is 21.8 Å². The number of benzene rings is 1. The van der Waals surface area contributed by atoms with Crippen molar-refractivity contribution >= 4 is 15.9 Å². The fourth-order valence-corrected chi connectivity index (χ4v) is 5.90. The Hall–Kier alpha value is -3.52. The minimum atomic E-state index is -4.73. The summed E-state index contributed by atoms with van der Waals surface area (Å²) in [5.74, 6) is -3.43. The molecule has 2 aromatic heterocycles. The predicted octanol–water partition coefficient (Wildman–Crippen LogP) is 4.19. The lowest BCUT2D eigenvalue weighted by Gasteiger charge is -2.23. The summed E-state index contributed by atoms with van der Waals surface area (Å²) in [6.45, 7) is 3.56. The Bertz CT molecular complexity index is 1450. The van der Waals surface area contributed by atoms with Gasteiger partial charge in [0.1, 0.15) is 17.7 Å². The molecule has 3 heterocycles. The fourth-order valence-electron chi connectivity index (χ4n) is 4.25. The Morgan fingerprint density at radius 2 is 1.72 bits per heavy atom. The number of hydrogen-bond acceptors (Lipinski definition) is 6. The third kappa shape index (κ3) is 6.22. The molecule has 14 heteroatoms. The number of nitrogens with zero attached hydrogens (tertiary/aromatic N) is 4. The monoisotopic (exact) mass is 569 g/mol. The molecule has 0 unspecified atom stereocenters. The zero-order valence-electron chi connectivity index (χ0n) is 20.8. The fraction of sp³-hybridized carbons (Fsp3) is 0.360. The maximum Gasteiger partial charge on any atom is 0.451 e. The molecule has 208 valence electrons. The van der Waals surface area contributed by atoms with Crippen LogP contribution >= 0.6 is 0 Å². The number of carbonyl (C=O) groups is 1. The number of alkyl halides is 3. The van der Waals surface area contributed by atoms with Crippen molar-refractivity contribution in [3.05, 3.63) is 71.9 Å². The van der Waals surface area contributed by atoms with Gasteiger partial charge < -0.3 is 5.32 Å². The van der Waals surface area contributed by atoms with Crippen molar-refractivity contribution in [1.29, 1.82) is 0 Å². The van der Waals surface area contributed by atoms with Gasteiger partial charge in [-0.05, 0) is 48.6 Å². The normalized spacial score (nSPS) is 18.5. The molecule has 2 atom stereocenters. The second kappa shape index (κ2) is 10.9. The van der Waals surface area contributed by atoms with E-state index >= 15 is 0 Å². The van der Waals surface area contributed by atoms with Gasteiger partial charge in [-0.3, -0.25) is 9.78 Å². The molecule has 4 rings (SSSR count). The van der Waals surface area contributed by atoms with E-state index in [0.29, 0.717) is 0 Å². The third-order valence-corrected chi connectivity index (χ3v) is 8.43. The van der Waals surface area contributed by atoms with Gasteiger partial charge in [-0.15, -0.1) is 0 Å². The quantitative estimate of drug-likeness (QED) is 0.428. The van der Waals surface area contributed by atoms with Crippen LogP contribution in [0, 0.1) is 23.5 Å². The number of nitrogens with one attached hydrogen (secondary N) is 1. The Morgan fingerprint density at radius 1 is 1.08 bits per heavy atom. The molecule has 3 aromatic rings. The van der Waals surface area contributed by atoms with Crippen molar-refractivity contribution in [3.63, 3.8) is 0 Å². The first-order chi connectivity index (χ1) is 18.3. The summed E-state index contributed by atoms with van der Waals surface area (Å²) < 4.78 is 93.8. The van der Waals surface area contributed by atoms with Crippen LogP contribution in [0.15, 0.2) is 53.8 Å². The van der Waals surface area contributed by atoms with E-state index in [1.165, 1.54) is 6.07 Å². The minimum Gasteiger partial charge on any atom is -0.351 e. The molecule has 1 saturated heterocycles. The molecule has 1 amide bonds. The first kappa shape index (κ1) is 28.5. The Kier molecular flexibility index (Phi) is 7.98. The lowest BCUT2D eigenvalue weighted by molar-refractivity contribution is -0.145. The molecule has 1 N–H and O–H groups in total. The van der Waals surface area contributed by atoms with Gasteiger partial charge in [0.05, 0.1) is 16.8 Å². The van der Waals surface area contributed by atoms with Gasteiger partial charge in [-0.2, -0.15) is 17.5 Å². The van der Waals surface area contributed by atoms with E-state index in [-0.39, 0.29) is 53.1 Å². The largest absolute Gasteiger partial charge is 0.451 e. The molecule has 0 bridgehead atoms. The zero-order chi connectivity index (χ0) is 28.5. The van der Waals surface area contributed by atoms with Crippen LogP contribution in [0.4, 0.5) is 22.0 Å². The maximum atomic E-state index is 14.5. The Labute approximate surface area is 221 Å². The number of rotatable bonds is 7. The zero-order valence-corrected chi connectivity index (χ0v) is 21.6. The summed E-state index contributed by atoms with van der Waals surface area (Å²) in [4.78, 5) is 23.4. The molecule has 0 aliphatic carbocycles. The third-order valence-electron chi connectivity index (χ3n) is 6.54. The maximum absolute atomic E-state index is 14.5. The van der Waals surface area contributed by atoms with Crippen molar-refractivity contribution in [1.82, 2.24) is 24.6 Å². The van der Waals surface area contributed by atoms with Gasteiger partial charge >= 0.3 is 6.18 Å². The number of hydrogen-bond donors (Lipinski definition) is 1. The number of sulfonamides is 1. The molecule has 39 heavy (non-hydrogen) atoms. The van der Waals surface area contributed by atoms with Crippen molar-refractivity contribution in [2.75, 3.05) is 6.54 Å². The van der Waals surface area contributed by atoms with Crippen LogP contribution in [-0.4, -0.2) is 46.2 Å². The van der Waals surface area contributed by atoms with Crippen LogP contribution in [0.25, 0.3) is 11.3 Å². The molecule has 1 aliphatic heterocycles. The number of aromatic nitrogens is 3. The van der Waals surface area contributed by atoms with E-state index < -0.39 is 45.6 Å². The van der Waals surface area contributed by atoms with E-state index in [2.05, 4.69) is 20.3 Å². The predicted molar refractivity (Wildman–Crippen MR) is 129 cm³/mol. The van der Waals surface area contributed by atoms with Crippen molar-refractivity contribution in [2.45, 2.75) is 43.9 Å². The molecule has 8 nitrogen and oxygen atoms in total. The summed E-state index contributed by atoms with van der Waals surface area (Å²) in [5.41, 5.74) is 0.151. The minimum absolute atomic E-state index is 0.0282. The Balaban J connectivity index is 1.53. The van der Waals surface area contributed by atoms with Gasteiger partial charge in [0.15, 0.2) is 0 Å². The smallest absolute Gasteiger partial charge is 0.351 e. The highest BCUT2D eigenvalue weighted by atomic mass is 32.2. The first-order valence-electron chi connectivity index (χ1n) is 11.9.